The zero-order valence-electron chi connectivity index (χ0n) is 19.5. The number of methoxy groups -OCH3 is 1. The molecule has 0 unspecified atom stereocenters. The summed E-state index contributed by atoms with van der Waals surface area (Å²) in [6.45, 7) is 3.82. The number of nitrogens with zero attached hydrogens (tertiary/aromatic N) is 3. The minimum Gasteiger partial charge on any atom is -0.497 e. The van der Waals surface area contributed by atoms with Gasteiger partial charge in [-0.1, -0.05) is 49.2 Å². The second-order valence-electron chi connectivity index (χ2n) is 8.01. The minimum atomic E-state index is -0.791. The molecule has 1 heterocycles. The van der Waals surface area contributed by atoms with Gasteiger partial charge in [0, 0.05) is 27.7 Å². The molecule has 0 fully saturated rings. The van der Waals surface area contributed by atoms with Crippen molar-refractivity contribution in [2.45, 2.75) is 32.7 Å². The third kappa shape index (κ3) is 6.75. The number of rotatable bonds is 8. The molecule has 0 aliphatic heterocycles. The number of hydrogen-bond acceptors (Lipinski definition) is 6. The number of carbonyl (C=O) groups excluding carboxylic acids is 1. The Bertz CT molecular complexity index is 1290. The molecule has 1 N–H and O–H groups in total. The molecule has 1 aromatic heterocycles. The molecule has 2 aromatic carbocycles. The number of ether oxygens (including phenoxy) is 2. The Kier molecular flexibility index (Phi) is 8.74. The van der Waals surface area contributed by atoms with E-state index in [1.807, 2.05) is 38.1 Å². The van der Waals surface area contributed by atoms with Gasteiger partial charge >= 0.3 is 6.09 Å². The zero-order valence-corrected chi connectivity index (χ0v) is 21.0. The van der Waals surface area contributed by atoms with E-state index in [-0.39, 0.29) is 24.5 Å². The molecule has 10 heteroatoms. The van der Waals surface area contributed by atoms with Crippen LogP contribution >= 0.6 is 23.2 Å². The van der Waals surface area contributed by atoms with Gasteiger partial charge in [0.2, 0.25) is 0 Å². The van der Waals surface area contributed by atoms with E-state index in [4.69, 9.17) is 33.2 Å². The van der Waals surface area contributed by atoms with Crippen molar-refractivity contribution in [3.8, 4) is 11.8 Å². The van der Waals surface area contributed by atoms with E-state index < -0.39 is 6.09 Å². The highest BCUT2D eigenvalue weighted by atomic mass is 35.5. The molecule has 1 amide bonds. The average Bonchev–Trinajstić information content (AvgIpc) is 2.82. The van der Waals surface area contributed by atoms with Crippen molar-refractivity contribution in [1.82, 2.24) is 9.78 Å². The molecule has 0 aliphatic rings. The zero-order chi connectivity index (χ0) is 25.5. The maximum atomic E-state index is 13.1. The van der Waals surface area contributed by atoms with Crippen molar-refractivity contribution in [2.75, 3.05) is 19.0 Å². The molecule has 3 rings (SSSR count). The first-order valence-electron chi connectivity index (χ1n) is 10.7. The van der Waals surface area contributed by atoms with Gasteiger partial charge in [0.25, 0.3) is 5.56 Å². The number of anilines is 1. The standard InChI is InChI=1S/C25H24Cl2N4O4/c1-15(2)20-10-18(30-31(24(20)32)14-16-4-6-19(34-3)7-5-16)11-21-22(26)12-17(13-23(21)27)29-25(33)35-9-8-28/h4-7,10,12-13,15H,9,11,14H2,1-3H3,(H,29,33). The topological polar surface area (TPSA) is 106 Å². The highest BCUT2D eigenvalue weighted by molar-refractivity contribution is 6.36. The Labute approximate surface area is 213 Å². The lowest BCUT2D eigenvalue weighted by atomic mass is 10.0. The summed E-state index contributed by atoms with van der Waals surface area (Å²) in [4.78, 5) is 24.8. The van der Waals surface area contributed by atoms with Gasteiger partial charge in [0.05, 0.1) is 19.3 Å². The van der Waals surface area contributed by atoms with E-state index in [0.29, 0.717) is 39.1 Å². The fraction of sp³-hybridized carbons (Fsp3) is 0.280. The lowest BCUT2D eigenvalue weighted by Crippen LogP contribution is -2.28. The molecule has 0 spiro atoms. The Morgan fingerprint density at radius 2 is 1.83 bits per heavy atom. The van der Waals surface area contributed by atoms with Crippen LogP contribution in [0.5, 0.6) is 5.75 Å². The number of halogens is 2. The van der Waals surface area contributed by atoms with E-state index in [1.54, 1.807) is 19.2 Å². The van der Waals surface area contributed by atoms with Crippen molar-refractivity contribution < 1.29 is 14.3 Å². The van der Waals surface area contributed by atoms with E-state index in [9.17, 15) is 9.59 Å². The molecule has 182 valence electrons. The summed E-state index contributed by atoms with van der Waals surface area (Å²) in [7, 11) is 1.60. The van der Waals surface area contributed by atoms with Crippen LogP contribution in [0.4, 0.5) is 10.5 Å². The molecule has 0 saturated heterocycles. The number of benzene rings is 2. The smallest absolute Gasteiger partial charge is 0.412 e. The van der Waals surface area contributed by atoms with Crippen LogP contribution in [0.15, 0.2) is 47.3 Å². The normalized spacial score (nSPS) is 10.7. The van der Waals surface area contributed by atoms with Crippen LogP contribution in [-0.2, 0) is 17.7 Å². The molecule has 0 radical (unpaired) electrons. The first-order chi connectivity index (χ1) is 16.7. The maximum absolute atomic E-state index is 13.1. The van der Waals surface area contributed by atoms with E-state index in [1.165, 1.54) is 16.8 Å². The predicted molar refractivity (Wildman–Crippen MR) is 135 cm³/mol. The molecule has 8 nitrogen and oxygen atoms in total. The van der Waals surface area contributed by atoms with Crippen molar-refractivity contribution >= 4 is 35.0 Å². The van der Waals surface area contributed by atoms with Crippen LogP contribution in [0.3, 0.4) is 0 Å². The van der Waals surface area contributed by atoms with Gasteiger partial charge < -0.3 is 9.47 Å². The first kappa shape index (κ1) is 26.1. The Morgan fingerprint density at radius 3 is 2.40 bits per heavy atom. The minimum absolute atomic E-state index is 0.0108. The fourth-order valence-corrected chi connectivity index (χ4v) is 4.03. The van der Waals surface area contributed by atoms with Gasteiger partial charge in [-0.15, -0.1) is 0 Å². The van der Waals surface area contributed by atoms with Crippen molar-refractivity contribution in [2.24, 2.45) is 0 Å². The van der Waals surface area contributed by atoms with Crippen LogP contribution in [0.2, 0.25) is 10.0 Å². The van der Waals surface area contributed by atoms with Crippen LogP contribution < -0.4 is 15.6 Å². The monoisotopic (exact) mass is 514 g/mol. The number of hydrogen-bond donors (Lipinski definition) is 1. The van der Waals surface area contributed by atoms with E-state index in [2.05, 4.69) is 15.2 Å². The van der Waals surface area contributed by atoms with Crippen LogP contribution in [0.1, 0.15) is 42.1 Å². The molecular weight excluding hydrogens is 491 g/mol. The summed E-state index contributed by atoms with van der Waals surface area (Å²) < 4.78 is 11.3. The third-order valence-electron chi connectivity index (χ3n) is 5.18. The van der Waals surface area contributed by atoms with Gasteiger partial charge in [-0.25, -0.2) is 9.48 Å². The van der Waals surface area contributed by atoms with Crippen LogP contribution in [0, 0.1) is 11.3 Å². The molecule has 0 bridgehead atoms. The number of carbonyl (C=O) groups is 1. The average molecular weight is 515 g/mol. The maximum Gasteiger partial charge on any atom is 0.412 e. The fourth-order valence-electron chi connectivity index (χ4n) is 3.41. The largest absolute Gasteiger partial charge is 0.497 e. The number of nitriles is 1. The van der Waals surface area contributed by atoms with Crippen LogP contribution in [-0.4, -0.2) is 29.6 Å². The summed E-state index contributed by atoms with van der Waals surface area (Å²) in [6.07, 6.45) is -0.514. The lowest BCUT2D eigenvalue weighted by Gasteiger charge is -2.15. The van der Waals surface area contributed by atoms with Gasteiger partial charge in [-0.3, -0.25) is 10.1 Å². The third-order valence-corrected chi connectivity index (χ3v) is 5.85. The first-order valence-corrected chi connectivity index (χ1v) is 11.5. The quantitative estimate of drug-likeness (QED) is 0.431. The van der Waals surface area contributed by atoms with E-state index >= 15 is 0 Å². The number of nitrogens with one attached hydrogen (secondary N) is 1. The lowest BCUT2D eigenvalue weighted by molar-refractivity contribution is 0.175. The summed E-state index contributed by atoms with van der Waals surface area (Å²) >= 11 is 12.9. The Balaban J connectivity index is 1.91. The van der Waals surface area contributed by atoms with Gasteiger partial charge in [-0.2, -0.15) is 10.4 Å². The second-order valence-corrected chi connectivity index (χ2v) is 8.83. The predicted octanol–water partition coefficient (Wildman–Crippen LogP) is 5.39. The Hall–Kier alpha value is -3.54. The molecule has 35 heavy (non-hydrogen) atoms. The SMILES string of the molecule is COc1ccc(Cn2nc(Cc3c(Cl)cc(NC(=O)OCC#N)cc3Cl)cc(C(C)C)c2=O)cc1. The summed E-state index contributed by atoms with van der Waals surface area (Å²) in [5.74, 6) is 0.717. The number of amides is 1. The Morgan fingerprint density at radius 1 is 1.17 bits per heavy atom. The van der Waals surface area contributed by atoms with Crippen LogP contribution in [0.25, 0.3) is 0 Å². The van der Waals surface area contributed by atoms with Gasteiger partial charge in [0.1, 0.15) is 11.8 Å². The van der Waals surface area contributed by atoms with Crippen molar-refractivity contribution in [3.05, 3.63) is 85.2 Å². The number of aromatic nitrogens is 2. The summed E-state index contributed by atoms with van der Waals surface area (Å²) in [6, 6.07) is 14.0. The highest BCUT2D eigenvalue weighted by Gasteiger charge is 2.16. The van der Waals surface area contributed by atoms with Gasteiger partial charge in [0.15, 0.2) is 6.61 Å². The molecule has 0 aliphatic carbocycles. The molecule has 0 saturated carbocycles. The van der Waals surface area contributed by atoms with Crippen molar-refractivity contribution in [1.29, 1.82) is 5.26 Å². The summed E-state index contributed by atoms with van der Waals surface area (Å²) in [5, 5.41) is 16.2. The second kappa shape index (κ2) is 11.7. The summed E-state index contributed by atoms with van der Waals surface area (Å²) in [5.41, 5.74) is 2.93. The van der Waals surface area contributed by atoms with Gasteiger partial charge in [-0.05, 0) is 47.4 Å². The molecule has 3 aromatic rings. The van der Waals surface area contributed by atoms with Crippen molar-refractivity contribution in [3.63, 3.8) is 0 Å². The molecule has 0 atom stereocenters. The van der Waals surface area contributed by atoms with E-state index in [0.717, 1.165) is 11.3 Å². The highest BCUT2D eigenvalue weighted by Crippen LogP contribution is 2.31. The molecular formula is C25H24Cl2N4O4.